The van der Waals surface area contributed by atoms with Gasteiger partial charge in [0.2, 0.25) is 10.0 Å². The van der Waals surface area contributed by atoms with Crippen molar-refractivity contribution in [1.82, 2.24) is 4.72 Å². The third-order valence-electron chi connectivity index (χ3n) is 2.29. The smallest absolute Gasteiger partial charge is 0.211 e. The van der Waals surface area contributed by atoms with E-state index in [0.717, 1.165) is 6.42 Å². The summed E-state index contributed by atoms with van der Waals surface area (Å²) < 4.78 is 26.0. The first-order chi connectivity index (χ1) is 8.03. The highest BCUT2D eigenvalue weighted by molar-refractivity contribution is 7.89. The van der Waals surface area contributed by atoms with Crippen molar-refractivity contribution in [2.24, 2.45) is 0 Å². The second kappa shape index (κ2) is 7.10. The van der Waals surface area contributed by atoms with Crippen LogP contribution in [-0.2, 0) is 16.4 Å². The summed E-state index contributed by atoms with van der Waals surface area (Å²) in [7, 11) is -3.21. The number of hydrogen-bond donors (Lipinski definition) is 2. The minimum Gasteiger partial charge on any atom is -0.396 e. The third-order valence-corrected chi connectivity index (χ3v) is 4.78. The molecular weight excluding hydrogens is 258 g/mol. The SMILES string of the molecule is CC(Cc1cccs1)NS(=O)(=O)CCCCO. The predicted molar refractivity (Wildman–Crippen MR) is 70.7 cm³/mol. The first-order valence-corrected chi connectivity index (χ1v) is 8.20. The van der Waals surface area contributed by atoms with Gasteiger partial charge in [0, 0.05) is 17.5 Å². The van der Waals surface area contributed by atoms with Gasteiger partial charge in [-0.05, 0) is 37.6 Å². The normalized spacial score (nSPS) is 13.8. The maximum absolute atomic E-state index is 11.7. The molecule has 0 saturated carbocycles. The molecule has 0 aliphatic rings. The molecule has 17 heavy (non-hydrogen) atoms. The Labute approximate surface area is 107 Å². The Morgan fingerprint density at radius 2 is 2.24 bits per heavy atom. The van der Waals surface area contributed by atoms with Gasteiger partial charge in [0.05, 0.1) is 5.75 Å². The lowest BCUT2D eigenvalue weighted by molar-refractivity contribution is 0.287. The second-order valence-electron chi connectivity index (χ2n) is 4.05. The third kappa shape index (κ3) is 6.16. The van der Waals surface area contributed by atoms with E-state index in [1.165, 1.54) is 4.88 Å². The van der Waals surface area contributed by atoms with Gasteiger partial charge in [-0.3, -0.25) is 0 Å². The molecule has 0 aliphatic carbocycles. The lowest BCUT2D eigenvalue weighted by atomic mass is 10.2. The Balaban J connectivity index is 2.36. The van der Waals surface area contributed by atoms with Gasteiger partial charge < -0.3 is 5.11 Å². The molecule has 0 bridgehead atoms. The Morgan fingerprint density at radius 1 is 1.47 bits per heavy atom. The van der Waals surface area contributed by atoms with Crippen LogP contribution in [0.15, 0.2) is 17.5 Å². The average molecular weight is 277 g/mol. The number of thiophene rings is 1. The van der Waals surface area contributed by atoms with Crippen LogP contribution < -0.4 is 4.72 Å². The minimum atomic E-state index is -3.21. The fourth-order valence-corrected chi connectivity index (χ4v) is 3.78. The highest BCUT2D eigenvalue weighted by Crippen LogP contribution is 2.11. The van der Waals surface area contributed by atoms with E-state index in [9.17, 15) is 8.42 Å². The van der Waals surface area contributed by atoms with E-state index in [4.69, 9.17) is 5.11 Å². The van der Waals surface area contributed by atoms with Gasteiger partial charge in [-0.25, -0.2) is 13.1 Å². The van der Waals surface area contributed by atoms with Crippen LogP contribution in [0.4, 0.5) is 0 Å². The molecule has 4 nitrogen and oxygen atoms in total. The van der Waals surface area contributed by atoms with Crippen molar-refractivity contribution in [3.05, 3.63) is 22.4 Å². The van der Waals surface area contributed by atoms with Crippen LogP contribution in [0.3, 0.4) is 0 Å². The molecule has 6 heteroatoms. The van der Waals surface area contributed by atoms with E-state index >= 15 is 0 Å². The molecule has 2 N–H and O–H groups in total. The molecule has 0 fully saturated rings. The van der Waals surface area contributed by atoms with Crippen LogP contribution in [0, 0.1) is 0 Å². The topological polar surface area (TPSA) is 66.4 Å². The zero-order valence-electron chi connectivity index (χ0n) is 9.93. The van der Waals surface area contributed by atoms with E-state index < -0.39 is 10.0 Å². The number of aliphatic hydroxyl groups excluding tert-OH is 1. The van der Waals surface area contributed by atoms with Crippen molar-refractivity contribution >= 4 is 21.4 Å². The van der Waals surface area contributed by atoms with Crippen LogP contribution in [-0.4, -0.2) is 31.9 Å². The molecule has 0 aliphatic heterocycles. The average Bonchev–Trinajstić information content (AvgIpc) is 2.69. The summed E-state index contributed by atoms with van der Waals surface area (Å²) in [4.78, 5) is 1.18. The molecule has 0 aromatic carbocycles. The summed E-state index contributed by atoms with van der Waals surface area (Å²) in [6.45, 7) is 1.91. The Hall–Kier alpha value is -0.430. The van der Waals surface area contributed by atoms with Gasteiger partial charge in [0.1, 0.15) is 0 Å². The summed E-state index contributed by atoms with van der Waals surface area (Å²) >= 11 is 1.63. The van der Waals surface area contributed by atoms with Crippen molar-refractivity contribution in [2.75, 3.05) is 12.4 Å². The van der Waals surface area contributed by atoms with Gasteiger partial charge in [0.15, 0.2) is 0 Å². The molecule has 0 spiro atoms. The van der Waals surface area contributed by atoms with Crippen LogP contribution in [0.2, 0.25) is 0 Å². The second-order valence-corrected chi connectivity index (χ2v) is 6.96. The molecule has 1 aromatic heterocycles. The maximum atomic E-state index is 11.7. The predicted octanol–water partition coefficient (Wildman–Crippen LogP) is 1.37. The van der Waals surface area contributed by atoms with Crippen molar-refractivity contribution in [1.29, 1.82) is 0 Å². The highest BCUT2D eigenvalue weighted by Gasteiger charge is 2.14. The Kier molecular flexibility index (Phi) is 6.11. The van der Waals surface area contributed by atoms with E-state index in [-0.39, 0.29) is 18.4 Å². The Bertz CT molecular complexity index is 400. The first-order valence-electron chi connectivity index (χ1n) is 5.67. The molecule has 0 radical (unpaired) electrons. The number of aliphatic hydroxyl groups is 1. The van der Waals surface area contributed by atoms with Crippen LogP contribution in [0.25, 0.3) is 0 Å². The number of hydrogen-bond acceptors (Lipinski definition) is 4. The molecule has 98 valence electrons. The number of sulfonamides is 1. The maximum Gasteiger partial charge on any atom is 0.211 e. The number of rotatable bonds is 8. The molecule has 1 aromatic rings. The van der Waals surface area contributed by atoms with Crippen molar-refractivity contribution in [3.63, 3.8) is 0 Å². The molecule has 1 heterocycles. The van der Waals surface area contributed by atoms with Crippen LogP contribution >= 0.6 is 11.3 Å². The number of unbranched alkanes of at least 4 members (excludes halogenated alkanes) is 1. The van der Waals surface area contributed by atoms with Crippen molar-refractivity contribution in [3.8, 4) is 0 Å². The van der Waals surface area contributed by atoms with Gasteiger partial charge >= 0.3 is 0 Å². The van der Waals surface area contributed by atoms with E-state index in [1.807, 2.05) is 24.4 Å². The van der Waals surface area contributed by atoms with E-state index in [2.05, 4.69) is 4.72 Å². The van der Waals surface area contributed by atoms with E-state index in [0.29, 0.717) is 12.8 Å². The van der Waals surface area contributed by atoms with Crippen molar-refractivity contribution < 1.29 is 13.5 Å². The molecule has 1 unspecified atom stereocenters. The monoisotopic (exact) mass is 277 g/mol. The number of nitrogens with one attached hydrogen (secondary N) is 1. The van der Waals surface area contributed by atoms with Gasteiger partial charge in [-0.15, -0.1) is 11.3 Å². The fraction of sp³-hybridized carbons (Fsp3) is 0.636. The first kappa shape index (κ1) is 14.6. The lowest BCUT2D eigenvalue weighted by Gasteiger charge is -2.13. The van der Waals surface area contributed by atoms with Crippen LogP contribution in [0.1, 0.15) is 24.6 Å². The van der Waals surface area contributed by atoms with E-state index in [1.54, 1.807) is 11.3 Å². The molecule has 0 saturated heterocycles. The summed E-state index contributed by atoms with van der Waals surface area (Å²) in [5, 5.41) is 10.6. The largest absolute Gasteiger partial charge is 0.396 e. The van der Waals surface area contributed by atoms with Gasteiger partial charge in [0.25, 0.3) is 0 Å². The highest BCUT2D eigenvalue weighted by atomic mass is 32.2. The van der Waals surface area contributed by atoms with Crippen LogP contribution in [0.5, 0.6) is 0 Å². The molecule has 0 amide bonds. The minimum absolute atomic E-state index is 0.0419. The molecule has 1 atom stereocenters. The standard InChI is InChI=1S/C11H19NO3S2/c1-10(9-11-5-4-7-16-11)12-17(14,15)8-3-2-6-13/h4-5,7,10,12-13H,2-3,6,8-9H2,1H3. The fourth-order valence-electron chi connectivity index (χ4n) is 1.54. The quantitative estimate of drug-likeness (QED) is 0.705. The molecular formula is C11H19NO3S2. The van der Waals surface area contributed by atoms with Gasteiger partial charge in [-0.1, -0.05) is 6.07 Å². The lowest BCUT2D eigenvalue weighted by Crippen LogP contribution is -2.35. The van der Waals surface area contributed by atoms with Crippen molar-refractivity contribution in [2.45, 2.75) is 32.2 Å². The molecule has 1 rings (SSSR count). The zero-order valence-corrected chi connectivity index (χ0v) is 11.6. The van der Waals surface area contributed by atoms with Gasteiger partial charge in [-0.2, -0.15) is 0 Å². The summed E-state index contributed by atoms with van der Waals surface area (Å²) in [6, 6.07) is 3.87. The summed E-state index contributed by atoms with van der Waals surface area (Å²) in [5.41, 5.74) is 0. The summed E-state index contributed by atoms with van der Waals surface area (Å²) in [6.07, 6.45) is 1.74. The zero-order chi connectivity index (χ0) is 12.7. The Morgan fingerprint density at radius 3 is 2.82 bits per heavy atom. The summed E-state index contributed by atoms with van der Waals surface area (Å²) in [5.74, 6) is 0.0857.